The predicted molar refractivity (Wildman–Crippen MR) is 78.1 cm³/mol. The van der Waals surface area contributed by atoms with E-state index in [1.54, 1.807) is 4.31 Å². The number of nitrogens with two attached hydrogens (primary N) is 1. The molecule has 0 aromatic heterocycles. The zero-order valence-corrected chi connectivity index (χ0v) is 12.8. The summed E-state index contributed by atoms with van der Waals surface area (Å²) in [6.07, 6.45) is 4.21. The van der Waals surface area contributed by atoms with Gasteiger partial charge in [0.1, 0.15) is 0 Å². The van der Waals surface area contributed by atoms with Crippen LogP contribution in [0.3, 0.4) is 0 Å². The molecule has 1 fully saturated rings. The van der Waals surface area contributed by atoms with E-state index in [1.807, 2.05) is 6.92 Å². The second-order valence-corrected chi connectivity index (χ2v) is 6.74. The molecule has 1 rings (SSSR count). The van der Waals surface area contributed by atoms with Crippen LogP contribution in [0.25, 0.3) is 0 Å². The van der Waals surface area contributed by atoms with Crippen molar-refractivity contribution < 1.29 is 8.42 Å². The Labute approximate surface area is 117 Å². The fourth-order valence-electron chi connectivity index (χ4n) is 2.17. The summed E-state index contributed by atoms with van der Waals surface area (Å²) in [5, 5.41) is 0. The molecule has 6 nitrogen and oxygen atoms in total. The van der Waals surface area contributed by atoms with Crippen molar-refractivity contribution in [3.8, 4) is 0 Å². The van der Waals surface area contributed by atoms with Crippen LogP contribution in [0.5, 0.6) is 0 Å². The highest BCUT2D eigenvalue weighted by molar-refractivity contribution is 7.87. The lowest BCUT2D eigenvalue weighted by molar-refractivity contribution is 0.184. The Balaban J connectivity index is 2.24. The van der Waals surface area contributed by atoms with Gasteiger partial charge in [-0.15, -0.1) is 0 Å². The minimum absolute atomic E-state index is 0.516. The first-order valence-electron chi connectivity index (χ1n) is 7.27. The van der Waals surface area contributed by atoms with Crippen LogP contribution in [0.1, 0.15) is 32.6 Å². The van der Waals surface area contributed by atoms with E-state index in [0.29, 0.717) is 19.6 Å². The first kappa shape index (κ1) is 16.8. The average molecular weight is 292 g/mol. The van der Waals surface area contributed by atoms with Gasteiger partial charge in [0.25, 0.3) is 10.2 Å². The van der Waals surface area contributed by atoms with Gasteiger partial charge in [-0.25, -0.2) is 4.72 Å². The zero-order chi connectivity index (χ0) is 14.1. The number of hydrogen-bond acceptors (Lipinski definition) is 4. The highest BCUT2D eigenvalue weighted by atomic mass is 32.2. The van der Waals surface area contributed by atoms with Crippen molar-refractivity contribution in [2.24, 2.45) is 5.73 Å². The second-order valence-electron chi connectivity index (χ2n) is 4.99. The molecule has 0 saturated carbocycles. The van der Waals surface area contributed by atoms with Gasteiger partial charge in [-0.2, -0.15) is 12.7 Å². The van der Waals surface area contributed by atoms with Gasteiger partial charge < -0.3 is 10.6 Å². The molecule has 0 aliphatic carbocycles. The topological polar surface area (TPSA) is 78.7 Å². The lowest BCUT2D eigenvalue weighted by Crippen LogP contribution is -2.52. The van der Waals surface area contributed by atoms with E-state index in [1.165, 1.54) is 0 Å². The quantitative estimate of drug-likeness (QED) is 0.585. The van der Waals surface area contributed by atoms with Crippen molar-refractivity contribution in [1.29, 1.82) is 0 Å². The van der Waals surface area contributed by atoms with Gasteiger partial charge in [0.15, 0.2) is 0 Å². The van der Waals surface area contributed by atoms with Crippen LogP contribution in [0.15, 0.2) is 0 Å². The minimum atomic E-state index is -3.26. The Bertz CT molecular complexity index is 327. The maximum absolute atomic E-state index is 11.9. The molecule has 1 heterocycles. The van der Waals surface area contributed by atoms with Crippen LogP contribution in [0.4, 0.5) is 0 Å². The van der Waals surface area contributed by atoms with E-state index in [-0.39, 0.29) is 0 Å². The molecular weight excluding hydrogens is 264 g/mol. The van der Waals surface area contributed by atoms with Gasteiger partial charge in [0.05, 0.1) is 0 Å². The van der Waals surface area contributed by atoms with E-state index < -0.39 is 10.2 Å². The van der Waals surface area contributed by atoms with Crippen molar-refractivity contribution in [3.05, 3.63) is 0 Å². The van der Waals surface area contributed by atoms with Crippen LogP contribution >= 0.6 is 0 Å². The van der Waals surface area contributed by atoms with Crippen LogP contribution in [-0.2, 0) is 10.2 Å². The van der Waals surface area contributed by atoms with Crippen LogP contribution in [-0.4, -0.2) is 63.4 Å². The molecule has 0 aromatic rings. The summed E-state index contributed by atoms with van der Waals surface area (Å²) in [5.41, 5.74) is 5.46. The third-order valence-electron chi connectivity index (χ3n) is 3.38. The van der Waals surface area contributed by atoms with E-state index in [9.17, 15) is 8.42 Å². The Hall–Kier alpha value is -0.210. The van der Waals surface area contributed by atoms with Crippen molar-refractivity contribution >= 4 is 10.2 Å². The number of nitrogens with one attached hydrogen (secondary N) is 1. The molecular formula is C12H28N4O2S. The standard InChI is InChI=1S/C12H28N4O2S/c1-2-7-14-19(17,18)16-11-9-15(10-12-16)8-5-3-4-6-13/h14H,2-13H2,1H3. The number of hydrogen-bond donors (Lipinski definition) is 2. The number of rotatable bonds is 9. The molecule has 0 aromatic carbocycles. The van der Waals surface area contributed by atoms with Gasteiger partial charge >= 0.3 is 0 Å². The number of unbranched alkanes of at least 4 members (excludes halogenated alkanes) is 2. The first-order chi connectivity index (χ1) is 9.10. The monoisotopic (exact) mass is 292 g/mol. The molecule has 0 atom stereocenters. The summed E-state index contributed by atoms with van der Waals surface area (Å²) < 4.78 is 28.0. The Morgan fingerprint density at radius 3 is 2.37 bits per heavy atom. The first-order valence-corrected chi connectivity index (χ1v) is 8.71. The highest BCUT2D eigenvalue weighted by Gasteiger charge is 2.25. The van der Waals surface area contributed by atoms with Gasteiger partial charge in [-0.3, -0.25) is 0 Å². The molecule has 7 heteroatoms. The van der Waals surface area contributed by atoms with E-state index in [0.717, 1.165) is 51.9 Å². The molecule has 1 aliphatic rings. The van der Waals surface area contributed by atoms with Crippen LogP contribution < -0.4 is 10.5 Å². The smallest absolute Gasteiger partial charge is 0.279 e. The number of piperazine rings is 1. The lowest BCUT2D eigenvalue weighted by Gasteiger charge is -2.33. The van der Waals surface area contributed by atoms with E-state index in [4.69, 9.17) is 5.73 Å². The average Bonchev–Trinajstić information content (AvgIpc) is 2.42. The van der Waals surface area contributed by atoms with Gasteiger partial charge in [0, 0.05) is 32.7 Å². The summed E-state index contributed by atoms with van der Waals surface area (Å²) >= 11 is 0. The summed E-state index contributed by atoms with van der Waals surface area (Å²) in [7, 11) is -3.26. The molecule has 19 heavy (non-hydrogen) atoms. The maximum Gasteiger partial charge on any atom is 0.279 e. The largest absolute Gasteiger partial charge is 0.330 e. The molecule has 3 N–H and O–H groups in total. The zero-order valence-electron chi connectivity index (χ0n) is 12.0. The summed E-state index contributed by atoms with van der Waals surface area (Å²) in [6.45, 7) is 7.13. The van der Waals surface area contributed by atoms with Gasteiger partial charge in [-0.05, 0) is 32.4 Å². The fraction of sp³-hybridized carbons (Fsp3) is 1.00. The normalized spacial score (nSPS) is 18.8. The lowest BCUT2D eigenvalue weighted by atomic mass is 10.2. The van der Waals surface area contributed by atoms with Crippen molar-refractivity contribution in [2.75, 3.05) is 45.8 Å². The van der Waals surface area contributed by atoms with Gasteiger partial charge in [0.2, 0.25) is 0 Å². The van der Waals surface area contributed by atoms with Gasteiger partial charge in [-0.1, -0.05) is 13.3 Å². The summed E-state index contributed by atoms with van der Waals surface area (Å²) in [5.74, 6) is 0. The minimum Gasteiger partial charge on any atom is -0.330 e. The van der Waals surface area contributed by atoms with Crippen LogP contribution in [0, 0.1) is 0 Å². The van der Waals surface area contributed by atoms with E-state index in [2.05, 4.69) is 9.62 Å². The van der Waals surface area contributed by atoms with Crippen molar-refractivity contribution in [2.45, 2.75) is 32.6 Å². The Morgan fingerprint density at radius 1 is 1.11 bits per heavy atom. The Morgan fingerprint density at radius 2 is 1.79 bits per heavy atom. The Kier molecular flexibility index (Phi) is 7.86. The second kappa shape index (κ2) is 8.86. The third kappa shape index (κ3) is 6.18. The van der Waals surface area contributed by atoms with Crippen molar-refractivity contribution in [3.63, 3.8) is 0 Å². The molecule has 0 radical (unpaired) electrons. The molecule has 0 bridgehead atoms. The maximum atomic E-state index is 11.9. The fourth-order valence-corrected chi connectivity index (χ4v) is 3.46. The summed E-state index contributed by atoms with van der Waals surface area (Å²) in [6, 6.07) is 0. The molecule has 1 saturated heterocycles. The van der Waals surface area contributed by atoms with Crippen molar-refractivity contribution in [1.82, 2.24) is 13.9 Å². The molecule has 114 valence electrons. The molecule has 0 unspecified atom stereocenters. The number of nitrogens with zero attached hydrogens (tertiary/aromatic N) is 2. The molecule has 0 amide bonds. The highest BCUT2D eigenvalue weighted by Crippen LogP contribution is 2.07. The molecule has 0 spiro atoms. The van der Waals surface area contributed by atoms with Crippen LogP contribution in [0.2, 0.25) is 0 Å². The van der Waals surface area contributed by atoms with E-state index >= 15 is 0 Å². The predicted octanol–water partition coefficient (Wildman–Crippen LogP) is -0.0226. The summed E-state index contributed by atoms with van der Waals surface area (Å²) in [4.78, 5) is 2.34. The molecule has 1 aliphatic heterocycles. The third-order valence-corrected chi connectivity index (χ3v) is 5.00. The SMILES string of the molecule is CCCNS(=O)(=O)N1CCN(CCCCCN)CC1.